The molecule has 1 aliphatic carbocycles. The highest BCUT2D eigenvalue weighted by Gasteiger charge is 2.24. The van der Waals surface area contributed by atoms with Gasteiger partial charge in [0.2, 0.25) is 0 Å². The van der Waals surface area contributed by atoms with Crippen LogP contribution in [0.1, 0.15) is 22.5 Å². The molecule has 1 heterocycles. The Morgan fingerprint density at radius 2 is 2.33 bits per heavy atom. The third-order valence-corrected chi connectivity index (χ3v) is 3.33. The quantitative estimate of drug-likeness (QED) is 0.852. The molecule has 0 spiro atoms. The summed E-state index contributed by atoms with van der Waals surface area (Å²) in [5.74, 6) is 0.0631. The lowest BCUT2D eigenvalue weighted by Crippen LogP contribution is -2.24. The number of halogens is 1. The van der Waals surface area contributed by atoms with Gasteiger partial charge in [0.1, 0.15) is 0 Å². The monoisotopic (exact) mass is 245 g/mol. The van der Waals surface area contributed by atoms with Gasteiger partial charge in [0.25, 0.3) is 5.91 Å². The van der Waals surface area contributed by atoms with E-state index in [0.717, 1.165) is 21.5 Å². The van der Waals surface area contributed by atoms with Crippen molar-refractivity contribution in [1.82, 2.24) is 5.32 Å². The van der Waals surface area contributed by atoms with Crippen LogP contribution < -0.4 is 5.32 Å². The second-order valence-electron chi connectivity index (χ2n) is 2.85. The van der Waals surface area contributed by atoms with Gasteiger partial charge in [0, 0.05) is 6.04 Å². The topological polar surface area (TPSA) is 29.1 Å². The van der Waals surface area contributed by atoms with E-state index in [0.29, 0.717) is 6.04 Å². The number of carbonyl (C=O) groups excluding carboxylic acids is 1. The molecular formula is C8H8BrNOS. The first-order valence-electron chi connectivity index (χ1n) is 3.82. The molecule has 1 aliphatic rings. The number of hydrogen-bond acceptors (Lipinski definition) is 2. The van der Waals surface area contributed by atoms with Crippen LogP contribution in [0.3, 0.4) is 0 Å². The molecular weight excluding hydrogens is 238 g/mol. The maximum Gasteiger partial charge on any atom is 0.261 e. The number of thiophene rings is 1. The van der Waals surface area contributed by atoms with Crippen molar-refractivity contribution in [3.63, 3.8) is 0 Å². The summed E-state index contributed by atoms with van der Waals surface area (Å²) in [6, 6.07) is 4.18. The zero-order valence-corrected chi connectivity index (χ0v) is 8.74. The highest BCUT2D eigenvalue weighted by molar-refractivity contribution is 9.11. The molecule has 0 radical (unpaired) electrons. The molecule has 0 atom stereocenters. The van der Waals surface area contributed by atoms with Gasteiger partial charge < -0.3 is 5.32 Å². The maximum atomic E-state index is 11.4. The van der Waals surface area contributed by atoms with Crippen molar-refractivity contribution < 1.29 is 4.79 Å². The van der Waals surface area contributed by atoms with Crippen molar-refractivity contribution in [2.45, 2.75) is 18.9 Å². The van der Waals surface area contributed by atoms with Crippen LogP contribution >= 0.6 is 27.3 Å². The molecule has 64 valence electrons. The molecule has 4 heteroatoms. The average molecular weight is 246 g/mol. The van der Waals surface area contributed by atoms with Crippen LogP contribution in [-0.2, 0) is 0 Å². The largest absolute Gasteiger partial charge is 0.349 e. The summed E-state index contributed by atoms with van der Waals surface area (Å²) in [5, 5.41) is 2.93. The number of rotatable bonds is 2. The number of nitrogens with one attached hydrogen (secondary N) is 1. The van der Waals surface area contributed by atoms with Crippen LogP contribution in [0.2, 0.25) is 0 Å². The maximum absolute atomic E-state index is 11.4. The number of carbonyl (C=O) groups is 1. The van der Waals surface area contributed by atoms with Gasteiger partial charge >= 0.3 is 0 Å². The van der Waals surface area contributed by atoms with E-state index in [9.17, 15) is 4.79 Å². The van der Waals surface area contributed by atoms with Crippen LogP contribution in [-0.4, -0.2) is 11.9 Å². The summed E-state index contributed by atoms with van der Waals surface area (Å²) in [6.07, 6.45) is 2.27. The summed E-state index contributed by atoms with van der Waals surface area (Å²) >= 11 is 4.79. The highest BCUT2D eigenvalue weighted by Crippen LogP contribution is 2.24. The molecule has 0 aliphatic heterocycles. The van der Waals surface area contributed by atoms with Gasteiger partial charge in [-0.3, -0.25) is 4.79 Å². The molecule has 1 amide bonds. The standard InChI is InChI=1S/C8H8BrNOS/c9-7-4-3-6(12-7)8(11)10-5-1-2-5/h3-5H,1-2H2,(H,10,11). The third kappa shape index (κ3) is 1.87. The summed E-state index contributed by atoms with van der Waals surface area (Å²) in [7, 11) is 0. The van der Waals surface area contributed by atoms with Crippen LogP contribution in [0, 0.1) is 0 Å². The van der Waals surface area contributed by atoms with Crippen LogP contribution in [0.15, 0.2) is 15.9 Å². The van der Waals surface area contributed by atoms with Gasteiger partial charge in [-0.2, -0.15) is 0 Å². The van der Waals surface area contributed by atoms with Gasteiger partial charge in [-0.1, -0.05) is 0 Å². The Kier molecular flexibility index (Phi) is 2.19. The van der Waals surface area contributed by atoms with Crippen molar-refractivity contribution in [3.8, 4) is 0 Å². The average Bonchev–Trinajstić information content (AvgIpc) is 2.72. The fourth-order valence-corrected chi connectivity index (χ4v) is 2.21. The van der Waals surface area contributed by atoms with Gasteiger partial charge in [-0.25, -0.2) is 0 Å². The van der Waals surface area contributed by atoms with Crippen molar-refractivity contribution in [1.29, 1.82) is 0 Å². The lowest BCUT2D eigenvalue weighted by Gasteiger charge is -1.98. The summed E-state index contributed by atoms with van der Waals surface area (Å²) in [5.41, 5.74) is 0. The van der Waals surface area contributed by atoms with E-state index >= 15 is 0 Å². The Labute approximate surface area is 83.1 Å². The van der Waals surface area contributed by atoms with E-state index in [-0.39, 0.29) is 5.91 Å². The van der Waals surface area contributed by atoms with Crippen LogP contribution in [0.25, 0.3) is 0 Å². The van der Waals surface area contributed by atoms with Gasteiger partial charge in [-0.05, 0) is 40.9 Å². The van der Waals surface area contributed by atoms with E-state index in [1.165, 1.54) is 11.3 Å². The predicted octanol–water partition coefficient (Wildman–Crippen LogP) is 2.40. The van der Waals surface area contributed by atoms with E-state index in [1.807, 2.05) is 12.1 Å². The summed E-state index contributed by atoms with van der Waals surface area (Å²) in [6.45, 7) is 0. The van der Waals surface area contributed by atoms with Crippen molar-refractivity contribution in [2.24, 2.45) is 0 Å². The second-order valence-corrected chi connectivity index (χ2v) is 5.31. The lowest BCUT2D eigenvalue weighted by atomic mass is 10.4. The van der Waals surface area contributed by atoms with Gasteiger partial charge in [0.05, 0.1) is 8.66 Å². The molecule has 1 fully saturated rings. The first kappa shape index (κ1) is 8.26. The van der Waals surface area contributed by atoms with Crippen molar-refractivity contribution in [3.05, 3.63) is 20.8 Å². The number of hydrogen-bond donors (Lipinski definition) is 1. The van der Waals surface area contributed by atoms with Gasteiger partial charge in [0.15, 0.2) is 0 Å². The normalized spacial score (nSPS) is 16.1. The van der Waals surface area contributed by atoms with Crippen molar-refractivity contribution >= 4 is 33.2 Å². The number of amides is 1. The molecule has 1 saturated carbocycles. The fraction of sp³-hybridized carbons (Fsp3) is 0.375. The molecule has 0 aromatic carbocycles. The zero-order chi connectivity index (χ0) is 8.55. The SMILES string of the molecule is O=C(NC1CC1)c1ccc(Br)s1. The highest BCUT2D eigenvalue weighted by atomic mass is 79.9. The summed E-state index contributed by atoms with van der Waals surface area (Å²) < 4.78 is 1.00. The van der Waals surface area contributed by atoms with E-state index < -0.39 is 0 Å². The molecule has 1 N–H and O–H groups in total. The molecule has 0 saturated heterocycles. The Hall–Kier alpha value is -0.350. The lowest BCUT2D eigenvalue weighted by molar-refractivity contribution is 0.0955. The third-order valence-electron chi connectivity index (χ3n) is 1.71. The molecule has 2 nitrogen and oxygen atoms in total. The van der Waals surface area contributed by atoms with Crippen LogP contribution in [0.5, 0.6) is 0 Å². The molecule has 12 heavy (non-hydrogen) atoms. The Balaban J connectivity index is 2.03. The minimum absolute atomic E-state index is 0.0631. The Morgan fingerprint density at radius 3 is 2.83 bits per heavy atom. The molecule has 1 aromatic heterocycles. The van der Waals surface area contributed by atoms with Crippen LogP contribution in [0.4, 0.5) is 0 Å². The summed E-state index contributed by atoms with van der Waals surface area (Å²) in [4.78, 5) is 12.2. The first-order valence-corrected chi connectivity index (χ1v) is 5.43. The van der Waals surface area contributed by atoms with E-state index in [2.05, 4.69) is 21.2 Å². The van der Waals surface area contributed by atoms with E-state index in [4.69, 9.17) is 0 Å². The molecule has 0 bridgehead atoms. The first-order chi connectivity index (χ1) is 5.75. The molecule has 1 aromatic rings. The molecule has 0 unspecified atom stereocenters. The van der Waals surface area contributed by atoms with Gasteiger partial charge in [-0.15, -0.1) is 11.3 Å². The smallest absolute Gasteiger partial charge is 0.261 e. The second kappa shape index (κ2) is 3.18. The fourth-order valence-electron chi connectivity index (χ4n) is 0.921. The van der Waals surface area contributed by atoms with E-state index in [1.54, 1.807) is 0 Å². The van der Waals surface area contributed by atoms with Crippen molar-refractivity contribution in [2.75, 3.05) is 0 Å². The Bertz CT molecular complexity index is 306. The predicted molar refractivity (Wildman–Crippen MR) is 52.5 cm³/mol. The molecule has 2 rings (SSSR count). The minimum Gasteiger partial charge on any atom is -0.349 e. The zero-order valence-electron chi connectivity index (χ0n) is 6.34. The Morgan fingerprint density at radius 1 is 1.58 bits per heavy atom. The minimum atomic E-state index is 0.0631.